The van der Waals surface area contributed by atoms with Crippen LogP contribution in [0.2, 0.25) is 5.02 Å². The van der Waals surface area contributed by atoms with E-state index in [1.807, 2.05) is 23.6 Å². The van der Waals surface area contributed by atoms with E-state index < -0.39 is 0 Å². The molecule has 0 radical (unpaired) electrons. The molecule has 0 saturated carbocycles. The van der Waals surface area contributed by atoms with Gasteiger partial charge in [-0.3, -0.25) is 4.79 Å². The number of fused-ring (bicyclic) bond motifs is 1. The molecule has 1 heterocycles. The van der Waals surface area contributed by atoms with Gasteiger partial charge in [0, 0.05) is 27.4 Å². The van der Waals surface area contributed by atoms with Crippen LogP contribution in [-0.2, 0) is 6.42 Å². The summed E-state index contributed by atoms with van der Waals surface area (Å²) in [5.41, 5.74) is 7.85. The number of anilines is 1. The Morgan fingerprint density at radius 2 is 2.00 bits per heavy atom. The second-order valence-corrected chi connectivity index (χ2v) is 5.98. The number of thiophene rings is 1. The number of nitrogen functional groups attached to an aromatic ring is 1. The molecule has 0 spiro atoms. The van der Waals surface area contributed by atoms with Crippen LogP contribution in [0, 0.1) is 0 Å². The number of carbonyl (C=O) groups is 1. The van der Waals surface area contributed by atoms with E-state index in [2.05, 4.69) is 6.07 Å². The normalized spacial score (nSPS) is 10.8. The molecule has 0 aliphatic rings. The molecular formula is C16H12ClNOS. The van der Waals surface area contributed by atoms with Gasteiger partial charge < -0.3 is 5.73 Å². The fraction of sp³-hybridized carbons (Fsp3) is 0.0625. The molecule has 3 rings (SSSR count). The van der Waals surface area contributed by atoms with Crippen LogP contribution in [0.1, 0.15) is 15.9 Å². The summed E-state index contributed by atoms with van der Waals surface area (Å²) in [5.74, 6) is 0.0303. The van der Waals surface area contributed by atoms with Crippen LogP contribution in [0.4, 0.5) is 5.69 Å². The lowest BCUT2D eigenvalue weighted by Crippen LogP contribution is -2.04. The maximum absolute atomic E-state index is 12.4. The topological polar surface area (TPSA) is 43.1 Å². The SMILES string of the molecule is Nc1cc(Cl)cc(C(=O)Cc2csc3ccccc23)c1. The average molecular weight is 302 g/mol. The van der Waals surface area contributed by atoms with Crippen molar-refractivity contribution in [2.45, 2.75) is 6.42 Å². The molecule has 100 valence electrons. The summed E-state index contributed by atoms with van der Waals surface area (Å²) in [6.07, 6.45) is 0.365. The number of hydrogen-bond donors (Lipinski definition) is 1. The van der Waals surface area contributed by atoms with Crippen molar-refractivity contribution in [3.8, 4) is 0 Å². The van der Waals surface area contributed by atoms with E-state index in [4.69, 9.17) is 17.3 Å². The Labute approximate surface area is 125 Å². The van der Waals surface area contributed by atoms with Gasteiger partial charge in [0.15, 0.2) is 5.78 Å². The standard InChI is InChI=1S/C16H12ClNOS/c17-12-5-10(6-13(18)8-12)15(19)7-11-9-20-16-4-2-1-3-14(11)16/h1-6,8-9H,7,18H2. The minimum atomic E-state index is 0.0303. The Bertz CT molecular complexity index is 774. The summed E-state index contributed by atoms with van der Waals surface area (Å²) in [7, 11) is 0. The highest BCUT2D eigenvalue weighted by atomic mass is 35.5. The van der Waals surface area contributed by atoms with Crippen LogP contribution in [0.5, 0.6) is 0 Å². The molecule has 0 fully saturated rings. The molecule has 3 aromatic rings. The monoisotopic (exact) mass is 301 g/mol. The van der Waals surface area contributed by atoms with Gasteiger partial charge in [-0.1, -0.05) is 29.8 Å². The van der Waals surface area contributed by atoms with E-state index in [1.54, 1.807) is 29.5 Å². The van der Waals surface area contributed by atoms with Gasteiger partial charge in [-0.05, 0) is 40.6 Å². The maximum Gasteiger partial charge on any atom is 0.167 e. The predicted molar refractivity (Wildman–Crippen MR) is 85.7 cm³/mol. The Morgan fingerprint density at radius 1 is 1.20 bits per heavy atom. The largest absolute Gasteiger partial charge is 0.399 e. The van der Waals surface area contributed by atoms with Crippen molar-refractivity contribution in [1.29, 1.82) is 0 Å². The van der Waals surface area contributed by atoms with Crippen molar-refractivity contribution < 1.29 is 4.79 Å². The van der Waals surface area contributed by atoms with Gasteiger partial charge in [0.1, 0.15) is 0 Å². The van der Waals surface area contributed by atoms with Crippen molar-refractivity contribution in [3.63, 3.8) is 0 Å². The van der Waals surface area contributed by atoms with Crippen LogP contribution in [-0.4, -0.2) is 5.78 Å². The molecule has 0 amide bonds. The first kappa shape index (κ1) is 13.2. The quantitative estimate of drug-likeness (QED) is 0.569. The summed E-state index contributed by atoms with van der Waals surface area (Å²) < 4.78 is 1.20. The molecule has 0 aliphatic carbocycles. The highest BCUT2D eigenvalue weighted by molar-refractivity contribution is 7.17. The minimum absolute atomic E-state index is 0.0303. The first-order chi connectivity index (χ1) is 9.63. The van der Waals surface area contributed by atoms with Crippen molar-refractivity contribution in [1.82, 2.24) is 0 Å². The summed E-state index contributed by atoms with van der Waals surface area (Å²) in [5, 5.41) is 3.67. The zero-order valence-corrected chi connectivity index (χ0v) is 12.2. The fourth-order valence-electron chi connectivity index (χ4n) is 2.22. The first-order valence-electron chi connectivity index (χ1n) is 6.18. The number of ketones is 1. The van der Waals surface area contributed by atoms with E-state index in [0.29, 0.717) is 22.7 Å². The molecule has 4 heteroatoms. The molecule has 20 heavy (non-hydrogen) atoms. The number of carbonyl (C=O) groups excluding carboxylic acids is 1. The number of rotatable bonds is 3. The summed E-state index contributed by atoms with van der Waals surface area (Å²) in [4.78, 5) is 12.4. The van der Waals surface area contributed by atoms with Gasteiger partial charge in [-0.15, -0.1) is 11.3 Å². The predicted octanol–water partition coefficient (Wildman–Crippen LogP) is 4.56. The third-order valence-electron chi connectivity index (χ3n) is 3.15. The second-order valence-electron chi connectivity index (χ2n) is 4.63. The van der Waals surface area contributed by atoms with Crippen LogP contribution in [0.3, 0.4) is 0 Å². The van der Waals surface area contributed by atoms with E-state index in [-0.39, 0.29) is 5.78 Å². The molecule has 0 saturated heterocycles. The van der Waals surface area contributed by atoms with Crippen LogP contribution >= 0.6 is 22.9 Å². The number of hydrogen-bond acceptors (Lipinski definition) is 3. The Kier molecular flexibility index (Phi) is 3.47. The molecule has 2 aromatic carbocycles. The number of benzene rings is 2. The van der Waals surface area contributed by atoms with Crippen molar-refractivity contribution in [2.75, 3.05) is 5.73 Å². The maximum atomic E-state index is 12.4. The first-order valence-corrected chi connectivity index (χ1v) is 7.43. The fourth-order valence-corrected chi connectivity index (χ4v) is 3.42. The number of Topliss-reactive ketones (excluding diaryl/α,β-unsaturated/α-hetero) is 1. The van der Waals surface area contributed by atoms with Crippen LogP contribution < -0.4 is 5.73 Å². The van der Waals surface area contributed by atoms with E-state index >= 15 is 0 Å². The molecule has 2 nitrogen and oxygen atoms in total. The smallest absolute Gasteiger partial charge is 0.167 e. The molecule has 1 aromatic heterocycles. The van der Waals surface area contributed by atoms with Crippen molar-refractivity contribution in [2.24, 2.45) is 0 Å². The lowest BCUT2D eigenvalue weighted by molar-refractivity contribution is 0.0993. The van der Waals surface area contributed by atoms with Crippen LogP contribution in [0.15, 0.2) is 47.8 Å². The van der Waals surface area contributed by atoms with Gasteiger partial charge in [0.05, 0.1) is 0 Å². The van der Waals surface area contributed by atoms with Gasteiger partial charge in [0.25, 0.3) is 0 Å². The minimum Gasteiger partial charge on any atom is -0.399 e. The molecule has 0 aliphatic heterocycles. The van der Waals surface area contributed by atoms with Gasteiger partial charge in [-0.2, -0.15) is 0 Å². The summed E-state index contributed by atoms with van der Waals surface area (Å²) >= 11 is 7.60. The number of halogens is 1. The van der Waals surface area contributed by atoms with Gasteiger partial charge in [-0.25, -0.2) is 0 Å². The van der Waals surface area contributed by atoms with Crippen molar-refractivity contribution in [3.05, 3.63) is 64.0 Å². The van der Waals surface area contributed by atoms with Crippen LogP contribution in [0.25, 0.3) is 10.1 Å². The lowest BCUT2D eigenvalue weighted by atomic mass is 10.0. The summed E-state index contributed by atoms with van der Waals surface area (Å²) in [6, 6.07) is 13.1. The molecule has 2 N–H and O–H groups in total. The highest BCUT2D eigenvalue weighted by Gasteiger charge is 2.12. The van der Waals surface area contributed by atoms with Crippen molar-refractivity contribution >= 4 is 44.5 Å². The Balaban J connectivity index is 1.92. The lowest BCUT2D eigenvalue weighted by Gasteiger charge is -2.03. The molecule has 0 bridgehead atoms. The van der Waals surface area contributed by atoms with Gasteiger partial charge in [0.2, 0.25) is 0 Å². The van der Waals surface area contributed by atoms with E-state index in [9.17, 15) is 4.79 Å². The third-order valence-corrected chi connectivity index (χ3v) is 4.38. The molecular weight excluding hydrogens is 290 g/mol. The zero-order chi connectivity index (χ0) is 14.1. The Morgan fingerprint density at radius 3 is 2.80 bits per heavy atom. The molecule has 0 atom stereocenters. The van der Waals surface area contributed by atoms with E-state index in [1.165, 1.54) is 4.70 Å². The summed E-state index contributed by atoms with van der Waals surface area (Å²) in [6.45, 7) is 0. The number of nitrogens with two attached hydrogens (primary N) is 1. The third kappa shape index (κ3) is 2.55. The van der Waals surface area contributed by atoms with Gasteiger partial charge >= 0.3 is 0 Å². The Hall–Kier alpha value is -1.84. The highest BCUT2D eigenvalue weighted by Crippen LogP contribution is 2.27. The second kappa shape index (κ2) is 5.27. The average Bonchev–Trinajstić information content (AvgIpc) is 2.81. The zero-order valence-electron chi connectivity index (χ0n) is 10.6. The van der Waals surface area contributed by atoms with E-state index in [0.717, 1.165) is 10.9 Å². The molecule has 0 unspecified atom stereocenters.